The summed E-state index contributed by atoms with van der Waals surface area (Å²) in [5.41, 5.74) is 2.87. The summed E-state index contributed by atoms with van der Waals surface area (Å²) in [7, 11) is 0. The van der Waals surface area contributed by atoms with E-state index < -0.39 is 11.9 Å². The van der Waals surface area contributed by atoms with Gasteiger partial charge in [-0.15, -0.1) is 0 Å². The molecule has 0 saturated heterocycles. The number of carbonyl (C=O) groups is 2. The zero-order chi connectivity index (χ0) is 14.4. The zero-order valence-corrected chi connectivity index (χ0v) is 10.5. The van der Waals surface area contributed by atoms with Crippen LogP contribution in [0.3, 0.4) is 0 Å². The van der Waals surface area contributed by atoms with Gasteiger partial charge in [0.1, 0.15) is 0 Å². The molecule has 5 nitrogen and oxygen atoms in total. The third-order valence-corrected chi connectivity index (χ3v) is 2.56. The fourth-order valence-corrected chi connectivity index (χ4v) is 1.59. The summed E-state index contributed by atoms with van der Waals surface area (Å²) >= 11 is 0. The van der Waals surface area contributed by atoms with E-state index in [1.165, 1.54) is 0 Å². The van der Waals surface area contributed by atoms with Crippen LogP contribution in [0.2, 0.25) is 0 Å². The van der Waals surface area contributed by atoms with Gasteiger partial charge in [0, 0.05) is 11.1 Å². The van der Waals surface area contributed by atoms with Crippen molar-refractivity contribution >= 4 is 17.6 Å². The maximum atomic E-state index is 11.8. The van der Waals surface area contributed by atoms with Crippen molar-refractivity contribution in [3.05, 3.63) is 71.8 Å². The molecule has 0 spiro atoms. The number of nitrogens with one attached hydrogen (secondary N) is 1. The largest absolute Gasteiger partial charge is 0.476 e. The van der Waals surface area contributed by atoms with E-state index in [1.807, 2.05) is 0 Å². The molecule has 100 valence electrons. The van der Waals surface area contributed by atoms with E-state index in [4.69, 9.17) is 5.11 Å². The number of rotatable bonds is 4. The molecule has 20 heavy (non-hydrogen) atoms. The minimum Gasteiger partial charge on any atom is -0.476 e. The highest BCUT2D eigenvalue weighted by Gasteiger charge is 2.13. The third-order valence-electron chi connectivity index (χ3n) is 2.56. The minimum atomic E-state index is -1.20. The van der Waals surface area contributed by atoms with Gasteiger partial charge in [0.25, 0.3) is 5.91 Å². The number of carboxylic acids is 1. The molecule has 0 aliphatic carbocycles. The topological polar surface area (TPSA) is 78.8 Å². The first-order valence-corrected chi connectivity index (χ1v) is 5.90. The number of nitrogens with zero attached hydrogens (tertiary/aromatic N) is 1. The summed E-state index contributed by atoms with van der Waals surface area (Å²) in [4.78, 5) is 23.0. The van der Waals surface area contributed by atoms with Crippen LogP contribution in [0.15, 0.2) is 65.8 Å². The first-order chi connectivity index (χ1) is 9.68. The molecule has 2 N–H and O–H groups in total. The molecule has 0 bridgehead atoms. The second-order valence-corrected chi connectivity index (χ2v) is 3.94. The molecule has 0 aromatic heterocycles. The predicted octanol–water partition coefficient (Wildman–Crippen LogP) is 1.91. The van der Waals surface area contributed by atoms with Crippen LogP contribution in [0.4, 0.5) is 0 Å². The SMILES string of the molecule is O=C(O)C(=NNC(=O)c1ccccc1)c1ccccc1. The van der Waals surface area contributed by atoms with Crippen LogP contribution < -0.4 is 5.43 Å². The number of amides is 1. The maximum Gasteiger partial charge on any atom is 0.356 e. The van der Waals surface area contributed by atoms with Gasteiger partial charge in [-0.05, 0) is 12.1 Å². The van der Waals surface area contributed by atoms with E-state index in [0.29, 0.717) is 11.1 Å². The number of hydrogen-bond acceptors (Lipinski definition) is 3. The molecule has 0 atom stereocenters. The Labute approximate surface area is 115 Å². The first kappa shape index (κ1) is 13.5. The van der Waals surface area contributed by atoms with E-state index in [9.17, 15) is 9.59 Å². The maximum absolute atomic E-state index is 11.8. The molecule has 1 amide bonds. The van der Waals surface area contributed by atoms with Crippen molar-refractivity contribution in [3.8, 4) is 0 Å². The highest BCUT2D eigenvalue weighted by Crippen LogP contribution is 2.02. The van der Waals surface area contributed by atoms with Gasteiger partial charge in [-0.2, -0.15) is 5.10 Å². The Morgan fingerprint density at radius 1 is 0.850 bits per heavy atom. The molecule has 2 rings (SSSR count). The summed E-state index contributed by atoms with van der Waals surface area (Å²) in [6.07, 6.45) is 0. The average Bonchev–Trinajstić information content (AvgIpc) is 2.49. The Balaban J connectivity index is 2.19. The standard InChI is InChI=1S/C15H12N2O3/c18-14(12-9-5-2-6-10-12)17-16-13(15(19)20)11-7-3-1-4-8-11/h1-10H,(H,17,18)(H,19,20). The molecule has 0 unspecified atom stereocenters. The average molecular weight is 268 g/mol. The third kappa shape index (κ3) is 3.29. The van der Waals surface area contributed by atoms with Gasteiger partial charge in [0.05, 0.1) is 0 Å². The van der Waals surface area contributed by atoms with Crippen molar-refractivity contribution in [3.63, 3.8) is 0 Å². The number of hydrazone groups is 1. The van der Waals surface area contributed by atoms with Crippen molar-refractivity contribution in [2.24, 2.45) is 5.10 Å². The predicted molar refractivity (Wildman–Crippen MR) is 74.5 cm³/mol. The quantitative estimate of drug-likeness (QED) is 0.656. The lowest BCUT2D eigenvalue weighted by molar-refractivity contribution is -0.129. The molecule has 0 saturated carbocycles. The minimum absolute atomic E-state index is 0.213. The van der Waals surface area contributed by atoms with Crippen molar-refractivity contribution in [2.45, 2.75) is 0 Å². The highest BCUT2D eigenvalue weighted by molar-refractivity contribution is 6.42. The lowest BCUT2D eigenvalue weighted by atomic mass is 10.1. The fraction of sp³-hybridized carbons (Fsp3) is 0. The second kappa shape index (κ2) is 6.29. The molecule has 0 radical (unpaired) electrons. The van der Waals surface area contributed by atoms with E-state index in [0.717, 1.165) is 0 Å². The number of benzene rings is 2. The van der Waals surface area contributed by atoms with Gasteiger partial charge in [0.15, 0.2) is 5.71 Å². The summed E-state index contributed by atoms with van der Waals surface area (Å²) in [5, 5.41) is 12.8. The van der Waals surface area contributed by atoms with Crippen molar-refractivity contribution in [1.82, 2.24) is 5.43 Å². The smallest absolute Gasteiger partial charge is 0.356 e. The monoisotopic (exact) mass is 268 g/mol. The zero-order valence-electron chi connectivity index (χ0n) is 10.5. The number of carbonyl (C=O) groups excluding carboxylic acids is 1. The van der Waals surface area contributed by atoms with Crippen molar-refractivity contribution < 1.29 is 14.7 Å². The molecule has 2 aromatic carbocycles. The van der Waals surface area contributed by atoms with Gasteiger partial charge in [-0.1, -0.05) is 48.5 Å². The van der Waals surface area contributed by atoms with Gasteiger partial charge in [0.2, 0.25) is 0 Å². The molecular weight excluding hydrogens is 256 g/mol. The molecule has 0 aliphatic heterocycles. The van der Waals surface area contributed by atoms with Crippen molar-refractivity contribution in [1.29, 1.82) is 0 Å². The number of hydrogen-bond donors (Lipinski definition) is 2. The van der Waals surface area contributed by atoms with Gasteiger partial charge < -0.3 is 5.11 Å². The Morgan fingerprint density at radius 3 is 1.85 bits per heavy atom. The van der Waals surface area contributed by atoms with E-state index >= 15 is 0 Å². The Hall–Kier alpha value is -2.95. The first-order valence-electron chi connectivity index (χ1n) is 5.90. The Kier molecular flexibility index (Phi) is 4.24. The number of carboxylic acid groups (broad SMARTS) is 1. The molecule has 0 fully saturated rings. The second-order valence-electron chi connectivity index (χ2n) is 3.94. The van der Waals surface area contributed by atoms with Gasteiger partial charge in [-0.3, -0.25) is 4.79 Å². The van der Waals surface area contributed by atoms with Gasteiger partial charge >= 0.3 is 5.97 Å². The van der Waals surface area contributed by atoms with Crippen LogP contribution in [0, 0.1) is 0 Å². The Morgan fingerprint density at radius 2 is 1.35 bits per heavy atom. The molecule has 5 heteroatoms. The molecule has 2 aromatic rings. The summed E-state index contributed by atoms with van der Waals surface area (Å²) in [6, 6.07) is 16.9. The van der Waals surface area contributed by atoms with E-state index in [-0.39, 0.29) is 5.71 Å². The van der Waals surface area contributed by atoms with E-state index in [1.54, 1.807) is 60.7 Å². The lowest BCUT2D eigenvalue weighted by Crippen LogP contribution is -2.23. The van der Waals surface area contributed by atoms with Crippen LogP contribution in [-0.2, 0) is 4.79 Å². The molecule has 0 aliphatic rings. The van der Waals surface area contributed by atoms with Crippen LogP contribution in [0.5, 0.6) is 0 Å². The van der Waals surface area contributed by atoms with Crippen LogP contribution >= 0.6 is 0 Å². The molecule has 0 heterocycles. The fourth-order valence-electron chi connectivity index (χ4n) is 1.59. The number of aliphatic carboxylic acids is 1. The van der Waals surface area contributed by atoms with Crippen LogP contribution in [0.1, 0.15) is 15.9 Å². The normalized spacial score (nSPS) is 10.9. The van der Waals surface area contributed by atoms with Crippen LogP contribution in [0.25, 0.3) is 0 Å². The van der Waals surface area contributed by atoms with E-state index in [2.05, 4.69) is 10.5 Å². The van der Waals surface area contributed by atoms with Crippen LogP contribution in [-0.4, -0.2) is 22.7 Å². The van der Waals surface area contributed by atoms with Gasteiger partial charge in [-0.25, -0.2) is 10.2 Å². The summed E-state index contributed by atoms with van der Waals surface area (Å²) in [5.74, 6) is -1.66. The summed E-state index contributed by atoms with van der Waals surface area (Å²) < 4.78 is 0. The summed E-state index contributed by atoms with van der Waals surface area (Å²) in [6.45, 7) is 0. The molecular formula is C15H12N2O3. The lowest BCUT2D eigenvalue weighted by Gasteiger charge is -2.03. The highest BCUT2D eigenvalue weighted by atomic mass is 16.4. The van der Waals surface area contributed by atoms with Crippen molar-refractivity contribution in [2.75, 3.05) is 0 Å². The Bertz CT molecular complexity index is 637.